The molecule has 0 amide bonds. The van der Waals surface area contributed by atoms with Crippen LogP contribution in [0.15, 0.2) is 24.3 Å². The van der Waals surface area contributed by atoms with E-state index in [1.165, 1.54) is 0 Å². The van der Waals surface area contributed by atoms with Crippen molar-refractivity contribution in [3.63, 3.8) is 0 Å². The van der Waals surface area contributed by atoms with Crippen molar-refractivity contribution in [1.29, 1.82) is 0 Å². The average Bonchev–Trinajstić information content (AvgIpc) is 2.37. The number of hydrogen-bond acceptors (Lipinski definition) is 3. The molecule has 1 atom stereocenters. The number of carboxylic acids is 1. The zero-order valence-electron chi connectivity index (χ0n) is 12.7. The number of nitrogens with one attached hydrogen (secondary N) is 1. The molecular weight excluding hydrogens is 254 g/mol. The van der Waals surface area contributed by atoms with Crippen molar-refractivity contribution in [1.82, 2.24) is 5.32 Å². The molecule has 112 valence electrons. The minimum atomic E-state index is -0.808. The maximum atomic E-state index is 11.1. The molecule has 1 aromatic carbocycles. The van der Waals surface area contributed by atoms with Gasteiger partial charge < -0.3 is 15.2 Å². The van der Waals surface area contributed by atoms with E-state index in [1.807, 2.05) is 38.1 Å². The molecule has 0 heterocycles. The Hall–Kier alpha value is -1.55. The first-order valence-corrected chi connectivity index (χ1v) is 7.08. The molecule has 1 aromatic rings. The van der Waals surface area contributed by atoms with Gasteiger partial charge in [0.15, 0.2) is 0 Å². The molecule has 2 N–H and O–H groups in total. The summed E-state index contributed by atoms with van der Waals surface area (Å²) >= 11 is 0. The van der Waals surface area contributed by atoms with Crippen LogP contribution in [0.3, 0.4) is 0 Å². The van der Waals surface area contributed by atoms with Gasteiger partial charge in [-0.05, 0) is 29.5 Å². The number of rotatable bonds is 8. The van der Waals surface area contributed by atoms with Crippen LogP contribution in [0.5, 0.6) is 5.75 Å². The summed E-state index contributed by atoms with van der Waals surface area (Å²) in [5, 5.41) is 12.2. The van der Waals surface area contributed by atoms with E-state index in [1.54, 1.807) is 0 Å². The Kier molecular flexibility index (Phi) is 6.52. The van der Waals surface area contributed by atoms with Gasteiger partial charge in [0.2, 0.25) is 0 Å². The molecule has 4 heteroatoms. The second-order valence-electron chi connectivity index (χ2n) is 5.79. The van der Waals surface area contributed by atoms with Crippen molar-refractivity contribution in [2.45, 2.75) is 40.3 Å². The molecule has 0 aliphatic heterocycles. The lowest BCUT2D eigenvalue weighted by Gasteiger charge is -2.18. The quantitative estimate of drug-likeness (QED) is 0.768. The van der Waals surface area contributed by atoms with Crippen molar-refractivity contribution in [2.75, 3.05) is 6.61 Å². The zero-order chi connectivity index (χ0) is 15.1. The van der Waals surface area contributed by atoms with Crippen LogP contribution >= 0.6 is 0 Å². The third-order valence-corrected chi connectivity index (χ3v) is 2.97. The number of ether oxygens (including phenoxy) is 1. The predicted octanol–water partition coefficient (Wildman–Crippen LogP) is 2.92. The second kappa shape index (κ2) is 7.90. The van der Waals surface area contributed by atoms with E-state index < -0.39 is 12.0 Å². The molecule has 0 fully saturated rings. The van der Waals surface area contributed by atoms with Gasteiger partial charge in [-0.25, -0.2) is 0 Å². The number of carboxylic acid groups (broad SMARTS) is 1. The molecule has 20 heavy (non-hydrogen) atoms. The van der Waals surface area contributed by atoms with Crippen LogP contribution in [0, 0.1) is 11.8 Å². The molecule has 0 saturated carbocycles. The Morgan fingerprint density at radius 3 is 2.25 bits per heavy atom. The predicted molar refractivity (Wildman–Crippen MR) is 79.9 cm³/mol. The van der Waals surface area contributed by atoms with Crippen LogP contribution in [0.25, 0.3) is 0 Å². The van der Waals surface area contributed by atoms with E-state index in [2.05, 4.69) is 19.2 Å². The molecule has 4 nitrogen and oxygen atoms in total. The highest BCUT2D eigenvalue weighted by atomic mass is 16.5. The maximum Gasteiger partial charge on any atom is 0.320 e. The monoisotopic (exact) mass is 279 g/mol. The lowest BCUT2D eigenvalue weighted by atomic mass is 10.0. The maximum absolute atomic E-state index is 11.1. The molecular formula is C16H25NO3. The first kappa shape index (κ1) is 16.5. The van der Waals surface area contributed by atoms with Crippen LogP contribution in [0.1, 0.15) is 33.3 Å². The van der Waals surface area contributed by atoms with E-state index in [9.17, 15) is 4.79 Å². The number of benzene rings is 1. The summed E-state index contributed by atoms with van der Waals surface area (Å²) in [6, 6.07) is 7.24. The zero-order valence-corrected chi connectivity index (χ0v) is 12.7. The summed E-state index contributed by atoms with van der Waals surface area (Å²) in [5.74, 6) is 0.595. The number of hydrogen-bond donors (Lipinski definition) is 2. The summed E-state index contributed by atoms with van der Waals surface area (Å²) in [6.07, 6.45) is 0. The molecule has 0 bridgehead atoms. The van der Waals surface area contributed by atoms with E-state index in [0.717, 1.165) is 11.3 Å². The molecule has 0 aliphatic carbocycles. The van der Waals surface area contributed by atoms with E-state index in [0.29, 0.717) is 19.1 Å². The molecule has 0 aromatic heterocycles. The second-order valence-corrected chi connectivity index (χ2v) is 5.79. The Labute approximate surface area is 121 Å². The largest absolute Gasteiger partial charge is 0.493 e. The minimum absolute atomic E-state index is 0.0566. The molecule has 0 radical (unpaired) electrons. The van der Waals surface area contributed by atoms with Crippen LogP contribution < -0.4 is 10.1 Å². The average molecular weight is 279 g/mol. The lowest BCUT2D eigenvalue weighted by molar-refractivity contribution is -0.140. The SMILES string of the molecule is CC(C)COc1ccc(CN[C@@H](C(=O)O)C(C)C)cc1. The summed E-state index contributed by atoms with van der Waals surface area (Å²) in [6.45, 7) is 9.25. The number of aliphatic carboxylic acids is 1. The van der Waals surface area contributed by atoms with Crippen molar-refractivity contribution in [3.05, 3.63) is 29.8 Å². The van der Waals surface area contributed by atoms with Crippen LogP contribution in [-0.2, 0) is 11.3 Å². The molecule has 0 spiro atoms. The fourth-order valence-electron chi connectivity index (χ4n) is 1.80. The minimum Gasteiger partial charge on any atom is -0.493 e. The van der Waals surface area contributed by atoms with Gasteiger partial charge in [0.25, 0.3) is 0 Å². The first-order chi connectivity index (χ1) is 9.40. The van der Waals surface area contributed by atoms with Gasteiger partial charge in [0.1, 0.15) is 11.8 Å². The Bertz CT molecular complexity index is 412. The fourth-order valence-corrected chi connectivity index (χ4v) is 1.80. The third-order valence-electron chi connectivity index (χ3n) is 2.97. The lowest BCUT2D eigenvalue weighted by Crippen LogP contribution is -2.40. The molecule has 0 unspecified atom stereocenters. The highest BCUT2D eigenvalue weighted by molar-refractivity contribution is 5.73. The van der Waals surface area contributed by atoms with Gasteiger partial charge in [0.05, 0.1) is 6.61 Å². The van der Waals surface area contributed by atoms with E-state index in [4.69, 9.17) is 9.84 Å². The third kappa shape index (κ3) is 5.61. The van der Waals surface area contributed by atoms with Crippen molar-refractivity contribution >= 4 is 5.97 Å². The first-order valence-electron chi connectivity index (χ1n) is 7.08. The van der Waals surface area contributed by atoms with Crippen LogP contribution in [-0.4, -0.2) is 23.7 Å². The topological polar surface area (TPSA) is 58.6 Å². The van der Waals surface area contributed by atoms with Gasteiger partial charge in [-0.15, -0.1) is 0 Å². The summed E-state index contributed by atoms with van der Waals surface area (Å²) in [5.41, 5.74) is 1.05. The van der Waals surface area contributed by atoms with E-state index >= 15 is 0 Å². The summed E-state index contributed by atoms with van der Waals surface area (Å²) in [7, 11) is 0. The smallest absolute Gasteiger partial charge is 0.320 e. The summed E-state index contributed by atoms with van der Waals surface area (Å²) < 4.78 is 5.61. The van der Waals surface area contributed by atoms with Gasteiger partial charge >= 0.3 is 5.97 Å². The van der Waals surface area contributed by atoms with E-state index in [-0.39, 0.29) is 5.92 Å². The fraction of sp³-hybridized carbons (Fsp3) is 0.562. The normalized spacial score (nSPS) is 12.7. The molecule has 0 aliphatic rings. The van der Waals surface area contributed by atoms with Crippen molar-refractivity contribution in [3.8, 4) is 5.75 Å². The summed E-state index contributed by atoms with van der Waals surface area (Å²) in [4.78, 5) is 11.1. The standard InChI is InChI=1S/C16H25NO3/c1-11(2)10-20-14-7-5-13(6-8-14)9-17-15(12(3)4)16(18)19/h5-8,11-12,15,17H,9-10H2,1-4H3,(H,18,19)/t15-/m1/s1. The number of carbonyl (C=O) groups is 1. The Morgan fingerprint density at radius 1 is 1.20 bits per heavy atom. The van der Waals surface area contributed by atoms with Gasteiger partial charge in [0, 0.05) is 6.54 Å². The van der Waals surface area contributed by atoms with Gasteiger partial charge in [-0.3, -0.25) is 4.79 Å². The van der Waals surface area contributed by atoms with Crippen LogP contribution in [0.4, 0.5) is 0 Å². The Balaban J connectivity index is 2.50. The Morgan fingerprint density at radius 2 is 1.80 bits per heavy atom. The molecule has 1 rings (SSSR count). The van der Waals surface area contributed by atoms with Crippen molar-refractivity contribution in [2.24, 2.45) is 11.8 Å². The highest BCUT2D eigenvalue weighted by Gasteiger charge is 2.20. The van der Waals surface area contributed by atoms with Gasteiger partial charge in [-0.2, -0.15) is 0 Å². The van der Waals surface area contributed by atoms with Crippen LogP contribution in [0.2, 0.25) is 0 Å². The highest BCUT2D eigenvalue weighted by Crippen LogP contribution is 2.13. The van der Waals surface area contributed by atoms with Crippen molar-refractivity contribution < 1.29 is 14.6 Å². The molecule has 0 saturated heterocycles. The van der Waals surface area contributed by atoms with Gasteiger partial charge in [-0.1, -0.05) is 39.8 Å².